The quantitative estimate of drug-likeness (QED) is 0.345. The van der Waals surface area contributed by atoms with Gasteiger partial charge in [0.1, 0.15) is 12.4 Å². The molecule has 210 valence electrons. The van der Waals surface area contributed by atoms with Crippen LogP contribution in [0.1, 0.15) is 42.9 Å². The van der Waals surface area contributed by atoms with Crippen LogP contribution in [-0.2, 0) is 29.2 Å². The molecule has 1 aromatic heterocycles. The van der Waals surface area contributed by atoms with Crippen LogP contribution in [-0.4, -0.2) is 64.7 Å². The lowest BCUT2D eigenvalue weighted by Crippen LogP contribution is -2.48. The van der Waals surface area contributed by atoms with Gasteiger partial charge in [0, 0.05) is 44.0 Å². The van der Waals surface area contributed by atoms with E-state index in [0.29, 0.717) is 36.2 Å². The molecule has 2 aromatic carbocycles. The van der Waals surface area contributed by atoms with Crippen molar-refractivity contribution in [2.45, 2.75) is 59.2 Å². The highest BCUT2D eigenvalue weighted by Crippen LogP contribution is 2.28. The van der Waals surface area contributed by atoms with Gasteiger partial charge in [-0.05, 0) is 54.3 Å². The minimum Gasteiger partial charge on any atom is -0.355 e. The second-order valence-electron chi connectivity index (χ2n) is 10.0. The minimum atomic E-state index is -2.53. The lowest BCUT2D eigenvalue weighted by molar-refractivity contribution is -0.145. The van der Waals surface area contributed by atoms with Crippen LogP contribution in [0, 0.1) is 12.7 Å². The number of aromatic nitrogens is 2. The Hall–Kier alpha value is -3.60. The van der Waals surface area contributed by atoms with Crippen LogP contribution < -0.4 is 10.2 Å². The Kier molecular flexibility index (Phi) is 9.11. The number of carbonyl (C=O) groups excluding carboxylic acids is 2. The number of benzene rings is 2. The number of rotatable bonds is 12. The SMILES string of the molecule is CCCCCNC(=O)CN(CC(=O)N(C)N1Cc2ccc(F)cc2C1)c1cc2nn(CC(F)F)cc2cc1C. The van der Waals surface area contributed by atoms with Crippen LogP contribution in [0.3, 0.4) is 0 Å². The molecule has 1 N–H and O–H groups in total. The molecule has 1 aliphatic heterocycles. The molecule has 8 nitrogen and oxygen atoms in total. The molecule has 11 heteroatoms. The van der Waals surface area contributed by atoms with Gasteiger partial charge in [-0.1, -0.05) is 25.8 Å². The van der Waals surface area contributed by atoms with Gasteiger partial charge in [-0.15, -0.1) is 0 Å². The molecule has 0 unspecified atom stereocenters. The largest absolute Gasteiger partial charge is 0.355 e. The van der Waals surface area contributed by atoms with E-state index in [4.69, 9.17) is 0 Å². The average molecular weight is 545 g/mol. The molecule has 1 aliphatic rings. The van der Waals surface area contributed by atoms with E-state index in [-0.39, 0.29) is 30.7 Å². The maximum atomic E-state index is 13.7. The summed E-state index contributed by atoms with van der Waals surface area (Å²) < 4.78 is 40.7. The van der Waals surface area contributed by atoms with Crippen molar-refractivity contribution in [2.75, 3.05) is 31.6 Å². The Morgan fingerprint density at radius 1 is 1.10 bits per heavy atom. The summed E-state index contributed by atoms with van der Waals surface area (Å²) in [5.74, 6) is -0.777. The number of hydrogen-bond acceptors (Lipinski definition) is 5. The van der Waals surface area contributed by atoms with Crippen molar-refractivity contribution < 1.29 is 22.8 Å². The Bertz CT molecular complexity index is 1330. The molecule has 0 saturated heterocycles. The number of aryl methyl sites for hydroxylation is 1. The average Bonchev–Trinajstić information content (AvgIpc) is 3.47. The molecule has 2 amide bonds. The second-order valence-corrected chi connectivity index (χ2v) is 10.0. The van der Waals surface area contributed by atoms with Gasteiger partial charge in [-0.25, -0.2) is 18.2 Å². The maximum absolute atomic E-state index is 13.7. The van der Waals surface area contributed by atoms with Crippen LogP contribution in [0.2, 0.25) is 0 Å². The fourth-order valence-electron chi connectivity index (χ4n) is 4.84. The van der Waals surface area contributed by atoms with Crippen molar-refractivity contribution >= 4 is 28.4 Å². The summed E-state index contributed by atoms with van der Waals surface area (Å²) in [7, 11) is 1.66. The zero-order chi connectivity index (χ0) is 28.1. The van der Waals surface area contributed by atoms with Gasteiger partial charge in [0.05, 0.1) is 18.6 Å². The molecule has 2 heterocycles. The van der Waals surface area contributed by atoms with E-state index in [1.54, 1.807) is 30.3 Å². The first-order valence-electron chi connectivity index (χ1n) is 13.2. The number of unbranched alkanes of at least 4 members (excludes halogenated alkanes) is 2. The summed E-state index contributed by atoms with van der Waals surface area (Å²) in [6.07, 6.45) is 1.94. The molecule has 39 heavy (non-hydrogen) atoms. The molecule has 3 aromatic rings. The first-order chi connectivity index (χ1) is 18.6. The summed E-state index contributed by atoms with van der Waals surface area (Å²) in [6.45, 7) is 4.70. The third kappa shape index (κ3) is 7.08. The van der Waals surface area contributed by atoms with Gasteiger partial charge in [0.25, 0.3) is 12.3 Å². The van der Waals surface area contributed by atoms with E-state index in [0.717, 1.165) is 36.0 Å². The number of fused-ring (bicyclic) bond motifs is 2. The van der Waals surface area contributed by atoms with Crippen molar-refractivity contribution in [3.8, 4) is 0 Å². The third-order valence-corrected chi connectivity index (χ3v) is 6.96. The fourth-order valence-corrected chi connectivity index (χ4v) is 4.84. The molecule has 0 aliphatic carbocycles. The van der Waals surface area contributed by atoms with Crippen LogP contribution in [0.5, 0.6) is 0 Å². The van der Waals surface area contributed by atoms with E-state index in [1.807, 2.05) is 18.0 Å². The summed E-state index contributed by atoms with van der Waals surface area (Å²) in [5.41, 5.74) is 3.71. The lowest BCUT2D eigenvalue weighted by atomic mass is 10.1. The number of halogens is 3. The smallest absolute Gasteiger partial charge is 0.257 e. The van der Waals surface area contributed by atoms with Crippen molar-refractivity contribution in [1.82, 2.24) is 25.1 Å². The predicted molar refractivity (Wildman–Crippen MR) is 144 cm³/mol. The summed E-state index contributed by atoms with van der Waals surface area (Å²) in [4.78, 5) is 28.0. The molecule has 0 spiro atoms. The van der Waals surface area contributed by atoms with E-state index in [2.05, 4.69) is 17.3 Å². The summed E-state index contributed by atoms with van der Waals surface area (Å²) >= 11 is 0. The normalized spacial score (nSPS) is 13.2. The summed E-state index contributed by atoms with van der Waals surface area (Å²) in [6, 6.07) is 8.18. The molecule has 0 radical (unpaired) electrons. The van der Waals surface area contributed by atoms with Gasteiger partial charge in [-0.3, -0.25) is 19.3 Å². The highest BCUT2D eigenvalue weighted by Gasteiger charge is 2.27. The van der Waals surface area contributed by atoms with Crippen molar-refractivity contribution in [1.29, 1.82) is 0 Å². The van der Waals surface area contributed by atoms with Crippen molar-refractivity contribution in [3.05, 3.63) is 59.0 Å². The van der Waals surface area contributed by atoms with E-state index < -0.39 is 13.0 Å². The topological polar surface area (TPSA) is 73.7 Å². The first kappa shape index (κ1) is 28.4. The first-order valence-corrected chi connectivity index (χ1v) is 13.2. The van der Waals surface area contributed by atoms with Crippen molar-refractivity contribution in [3.63, 3.8) is 0 Å². The molecular weight excluding hydrogens is 509 g/mol. The minimum absolute atomic E-state index is 0.0543. The number of nitrogens with zero attached hydrogens (tertiary/aromatic N) is 5. The number of alkyl halides is 2. The Labute approximate surface area is 226 Å². The highest BCUT2D eigenvalue weighted by molar-refractivity contribution is 5.90. The van der Waals surface area contributed by atoms with Gasteiger partial charge in [0.2, 0.25) is 5.91 Å². The standard InChI is InChI=1S/C28H35F3N6O2/c1-4-5-6-9-32-27(38)17-35(25-12-24-22(10-19(25)2)13-36(33-24)16-26(30)31)18-28(39)34(3)37-14-20-7-8-23(29)11-21(20)15-37/h7-8,10-13,26H,4-6,9,14-18H2,1-3H3,(H,32,38). The van der Waals surface area contributed by atoms with E-state index in [1.165, 1.54) is 21.8 Å². The molecule has 0 fully saturated rings. The van der Waals surface area contributed by atoms with Crippen molar-refractivity contribution in [2.24, 2.45) is 0 Å². The number of nitrogens with one attached hydrogen (secondary N) is 1. The van der Waals surface area contributed by atoms with Crippen LogP contribution in [0.4, 0.5) is 18.9 Å². The third-order valence-electron chi connectivity index (χ3n) is 6.96. The van der Waals surface area contributed by atoms with Crippen LogP contribution in [0.15, 0.2) is 36.5 Å². The van der Waals surface area contributed by atoms with Gasteiger partial charge < -0.3 is 10.2 Å². The van der Waals surface area contributed by atoms with Gasteiger partial charge in [-0.2, -0.15) is 5.10 Å². The molecule has 0 bridgehead atoms. The van der Waals surface area contributed by atoms with Crippen LogP contribution in [0.25, 0.3) is 10.9 Å². The highest BCUT2D eigenvalue weighted by atomic mass is 19.3. The number of likely N-dealkylation sites (N-methyl/N-ethyl adjacent to an activating group) is 1. The Morgan fingerprint density at radius 2 is 1.87 bits per heavy atom. The van der Waals surface area contributed by atoms with Crippen LogP contribution >= 0.6 is 0 Å². The fraction of sp³-hybridized carbons (Fsp3) is 0.464. The van der Waals surface area contributed by atoms with Gasteiger partial charge in [0.15, 0.2) is 0 Å². The number of hydrogen-bond donors (Lipinski definition) is 1. The molecular formula is C28H35F3N6O2. The Morgan fingerprint density at radius 3 is 2.62 bits per heavy atom. The zero-order valence-corrected chi connectivity index (χ0v) is 22.6. The lowest BCUT2D eigenvalue weighted by Gasteiger charge is -2.32. The Balaban J connectivity index is 1.54. The zero-order valence-electron chi connectivity index (χ0n) is 22.6. The monoisotopic (exact) mass is 544 g/mol. The van der Waals surface area contributed by atoms with Gasteiger partial charge >= 0.3 is 0 Å². The van der Waals surface area contributed by atoms with E-state index in [9.17, 15) is 22.8 Å². The van der Waals surface area contributed by atoms with E-state index >= 15 is 0 Å². The number of carbonyl (C=O) groups is 2. The maximum Gasteiger partial charge on any atom is 0.257 e. The molecule has 4 rings (SSSR count). The number of amides is 2. The second kappa shape index (κ2) is 12.5. The number of anilines is 1. The predicted octanol–water partition coefficient (Wildman–Crippen LogP) is 4.25. The summed E-state index contributed by atoms with van der Waals surface area (Å²) in [5, 5.41) is 11.2. The molecule has 0 saturated carbocycles. The number of hydrazine groups is 1. The molecule has 0 atom stereocenters.